The third-order valence-corrected chi connectivity index (χ3v) is 1.37. The van der Waals surface area contributed by atoms with Crippen molar-refractivity contribution >= 4 is 21.6 Å². The van der Waals surface area contributed by atoms with Crippen LogP contribution in [-0.2, 0) is 0 Å². The van der Waals surface area contributed by atoms with Gasteiger partial charge in [-0.15, -0.1) is 0 Å². The lowest BCUT2D eigenvalue weighted by atomic mass is 10.4. The van der Waals surface area contributed by atoms with E-state index in [-0.39, 0.29) is 11.1 Å². The third-order valence-electron chi connectivity index (χ3n) is 0.908. The minimum atomic E-state index is -0.166. The highest BCUT2D eigenvalue weighted by atomic mass is 79.9. The number of hydrogen-bond acceptors (Lipinski definition) is 2. The van der Waals surface area contributed by atoms with Crippen LogP contribution in [0.2, 0.25) is 0 Å². The summed E-state index contributed by atoms with van der Waals surface area (Å²) >= 11 is 3.09. The van der Waals surface area contributed by atoms with Crippen molar-refractivity contribution in [2.24, 2.45) is 0 Å². The summed E-state index contributed by atoms with van der Waals surface area (Å²) < 4.78 is 0.640. The van der Waals surface area contributed by atoms with Gasteiger partial charge in [-0.3, -0.25) is 4.79 Å². The molecule has 0 fully saturated rings. The van der Waals surface area contributed by atoms with E-state index in [1.807, 2.05) is 0 Å². The lowest BCUT2D eigenvalue weighted by Crippen LogP contribution is -2.06. The molecule has 1 heterocycles. The topological polar surface area (TPSA) is 58.9 Å². The second-order valence-corrected chi connectivity index (χ2v) is 2.45. The molecule has 0 aliphatic heterocycles. The average molecular weight is 189 g/mol. The molecule has 0 spiro atoms. The fourth-order valence-corrected chi connectivity index (χ4v) is 0.780. The average Bonchev–Trinajstić information content (AvgIpc) is 1.80. The quantitative estimate of drug-likeness (QED) is 0.590. The van der Waals surface area contributed by atoms with Crippen LogP contribution < -0.4 is 11.2 Å². The van der Waals surface area contributed by atoms with Crippen molar-refractivity contribution in [3.8, 4) is 0 Å². The number of halogens is 1. The summed E-state index contributed by atoms with van der Waals surface area (Å²) in [5.74, 6) is 0. The molecule has 0 saturated heterocycles. The van der Waals surface area contributed by atoms with Crippen LogP contribution in [0.4, 0.5) is 5.69 Å². The van der Waals surface area contributed by atoms with E-state index in [2.05, 4.69) is 20.9 Å². The summed E-state index contributed by atoms with van der Waals surface area (Å²) in [5.41, 5.74) is 5.29. The molecule has 0 bridgehead atoms. The van der Waals surface area contributed by atoms with Crippen LogP contribution >= 0.6 is 15.9 Å². The lowest BCUT2D eigenvalue weighted by molar-refractivity contribution is 1.26. The number of H-pyrrole nitrogens is 1. The summed E-state index contributed by atoms with van der Waals surface area (Å²) in [6, 6.07) is 1.38. The Hall–Kier alpha value is -0.770. The van der Waals surface area contributed by atoms with Crippen molar-refractivity contribution in [2.45, 2.75) is 0 Å². The SMILES string of the molecule is Nc1c[nH]c(Br)cc1=O. The van der Waals surface area contributed by atoms with E-state index >= 15 is 0 Å². The maximum atomic E-state index is 10.7. The molecule has 0 amide bonds. The molecule has 1 aromatic rings. The fraction of sp³-hybridized carbons (Fsp3) is 0. The van der Waals surface area contributed by atoms with Crippen molar-refractivity contribution in [3.63, 3.8) is 0 Å². The number of aromatic nitrogens is 1. The largest absolute Gasteiger partial charge is 0.394 e. The molecule has 0 atom stereocenters. The Labute approximate surface area is 60.0 Å². The number of nitrogens with one attached hydrogen (secondary N) is 1. The van der Waals surface area contributed by atoms with Crippen molar-refractivity contribution in [3.05, 3.63) is 27.1 Å². The van der Waals surface area contributed by atoms with Crippen LogP contribution in [0, 0.1) is 0 Å². The van der Waals surface area contributed by atoms with E-state index in [0.717, 1.165) is 0 Å². The second-order valence-electron chi connectivity index (χ2n) is 1.60. The van der Waals surface area contributed by atoms with Crippen molar-refractivity contribution in [1.29, 1.82) is 0 Å². The van der Waals surface area contributed by atoms with Gasteiger partial charge in [0.05, 0.1) is 10.3 Å². The maximum absolute atomic E-state index is 10.7. The van der Waals surface area contributed by atoms with E-state index in [0.29, 0.717) is 4.60 Å². The smallest absolute Gasteiger partial charge is 0.205 e. The Morgan fingerprint density at radius 2 is 2.33 bits per heavy atom. The van der Waals surface area contributed by atoms with Gasteiger partial charge in [-0.1, -0.05) is 0 Å². The van der Waals surface area contributed by atoms with Crippen LogP contribution in [0.1, 0.15) is 0 Å². The Balaban J connectivity index is 3.34. The lowest BCUT2D eigenvalue weighted by Gasteiger charge is -1.89. The summed E-state index contributed by atoms with van der Waals surface area (Å²) in [6.07, 6.45) is 1.45. The van der Waals surface area contributed by atoms with Crippen molar-refractivity contribution in [1.82, 2.24) is 4.98 Å². The van der Waals surface area contributed by atoms with Crippen LogP contribution in [-0.4, -0.2) is 4.98 Å². The molecule has 0 radical (unpaired) electrons. The predicted octanol–water partition coefficient (Wildman–Crippen LogP) is 0.720. The molecular weight excluding hydrogens is 184 g/mol. The number of pyridine rings is 1. The monoisotopic (exact) mass is 188 g/mol. The molecule has 0 unspecified atom stereocenters. The highest BCUT2D eigenvalue weighted by Gasteiger charge is 1.91. The van der Waals surface area contributed by atoms with E-state index in [1.165, 1.54) is 12.3 Å². The fourth-order valence-electron chi connectivity index (χ4n) is 0.458. The third kappa shape index (κ3) is 1.32. The molecule has 3 nitrogen and oxygen atoms in total. The molecule has 0 aromatic carbocycles. The van der Waals surface area contributed by atoms with Gasteiger partial charge in [0.1, 0.15) is 0 Å². The molecule has 3 N–H and O–H groups in total. The van der Waals surface area contributed by atoms with Gasteiger partial charge in [-0.2, -0.15) is 0 Å². The normalized spacial score (nSPS) is 9.44. The first-order valence-corrected chi connectivity index (χ1v) is 3.13. The highest BCUT2D eigenvalue weighted by molar-refractivity contribution is 9.10. The number of rotatable bonds is 0. The highest BCUT2D eigenvalue weighted by Crippen LogP contribution is 2.00. The number of hydrogen-bond donors (Lipinski definition) is 2. The summed E-state index contributed by atoms with van der Waals surface area (Å²) in [7, 11) is 0. The van der Waals surface area contributed by atoms with Crippen LogP contribution in [0.15, 0.2) is 21.7 Å². The molecular formula is C5H5BrN2O. The van der Waals surface area contributed by atoms with Crippen LogP contribution in [0.3, 0.4) is 0 Å². The van der Waals surface area contributed by atoms with Gasteiger partial charge in [0.2, 0.25) is 5.43 Å². The van der Waals surface area contributed by atoms with E-state index in [4.69, 9.17) is 5.73 Å². The molecule has 9 heavy (non-hydrogen) atoms. The van der Waals surface area contributed by atoms with E-state index < -0.39 is 0 Å². The molecule has 0 aliphatic carbocycles. The molecule has 0 saturated carbocycles. The molecule has 0 aliphatic rings. The van der Waals surface area contributed by atoms with Gasteiger partial charge >= 0.3 is 0 Å². The maximum Gasteiger partial charge on any atom is 0.205 e. The van der Waals surface area contributed by atoms with E-state index in [9.17, 15) is 4.79 Å². The summed E-state index contributed by atoms with van der Waals surface area (Å²) in [4.78, 5) is 13.4. The zero-order valence-corrected chi connectivity index (χ0v) is 6.10. The van der Waals surface area contributed by atoms with Crippen LogP contribution in [0.25, 0.3) is 0 Å². The summed E-state index contributed by atoms with van der Waals surface area (Å²) in [6.45, 7) is 0. The van der Waals surface area contributed by atoms with Gasteiger partial charge in [-0.05, 0) is 15.9 Å². The van der Waals surface area contributed by atoms with Crippen LogP contribution in [0.5, 0.6) is 0 Å². The zero-order valence-electron chi connectivity index (χ0n) is 4.52. The Kier molecular flexibility index (Phi) is 1.57. The van der Waals surface area contributed by atoms with E-state index in [1.54, 1.807) is 0 Å². The number of anilines is 1. The first-order chi connectivity index (χ1) is 4.20. The first kappa shape index (κ1) is 6.35. The van der Waals surface area contributed by atoms with Gasteiger partial charge < -0.3 is 10.7 Å². The Morgan fingerprint density at radius 3 is 2.78 bits per heavy atom. The summed E-state index contributed by atoms with van der Waals surface area (Å²) in [5, 5.41) is 0. The molecule has 1 aromatic heterocycles. The second kappa shape index (κ2) is 2.23. The van der Waals surface area contributed by atoms with Crippen molar-refractivity contribution in [2.75, 3.05) is 5.73 Å². The van der Waals surface area contributed by atoms with Gasteiger partial charge in [0.25, 0.3) is 0 Å². The Bertz CT molecular complexity index is 268. The minimum absolute atomic E-state index is 0.166. The standard InChI is InChI=1S/C5H5BrN2O/c6-5-1-4(9)3(7)2-8-5/h1-2H,7H2,(H,8,9). The number of nitrogen functional groups attached to an aromatic ring is 1. The van der Waals surface area contributed by atoms with Gasteiger partial charge in [0.15, 0.2) is 0 Å². The number of aromatic amines is 1. The predicted molar refractivity (Wildman–Crippen MR) is 39.2 cm³/mol. The Morgan fingerprint density at radius 1 is 1.67 bits per heavy atom. The van der Waals surface area contributed by atoms with Crippen molar-refractivity contribution < 1.29 is 0 Å². The first-order valence-electron chi connectivity index (χ1n) is 2.34. The molecule has 4 heteroatoms. The van der Waals surface area contributed by atoms with Gasteiger partial charge in [-0.25, -0.2) is 0 Å². The molecule has 1 rings (SSSR count). The molecule has 48 valence electrons. The zero-order chi connectivity index (χ0) is 6.85. The minimum Gasteiger partial charge on any atom is -0.394 e. The van der Waals surface area contributed by atoms with Gasteiger partial charge in [0, 0.05) is 12.3 Å². The number of nitrogens with two attached hydrogens (primary N) is 1.